The van der Waals surface area contributed by atoms with Crippen molar-refractivity contribution in [2.24, 2.45) is 0 Å². The second-order valence-electron chi connectivity index (χ2n) is 10.1. The normalized spacial score (nSPS) is 16.6. The summed E-state index contributed by atoms with van der Waals surface area (Å²) in [4.78, 5) is 26.3. The average molecular weight is 598 g/mol. The molecule has 2 aromatic carbocycles. The lowest BCUT2D eigenvalue weighted by Crippen LogP contribution is -2.34. The number of imidazole rings is 1. The van der Waals surface area contributed by atoms with Gasteiger partial charge in [0, 0.05) is 24.7 Å². The molecule has 0 saturated carbocycles. The second kappa shape index (κ2) is 11.2. The molecule has 0 aliphatic carbocycles. The van der Waals surface area contributed by atoms with Gasteiger partial charge in [0.2, 0.25) is 11.6 Å². The Morgan fingerprint density at radius 3 is 2.64 bits per heavy atom. The van der Waals surface area contributed by atoms with Crippen LogP contribution in [0.15, 0.2) is 30.3 Å². The minimum Gasteiger partial charge on any atom is -0.481 e. The highest BCUT2D eigenvalue weighted by Gasteiger charge is 2.28. The van der Waals surface area contributed by atoms with Gasteiger partial charge in [-0.05, 0) is 48.7 Å². The van der Waals surface area contributed by atoms with Gasteiger partial charge < -0.3 is 19.1 Å². The van der Waals surface area contributed by atoms with Crippen molar-refractivity contribution >= 4 is 34.3 Å². The monoisotopic (exact) mass is 597 g/mol. The van der Waals surface area contributed by atoms with Crippen molar-refractivity contribution in [3.05, 3.63) is 92.4 Å². The third-order valence-corrected chi connectivity index (χ3v) is 7.71. The highest BCUT2D eigenvalue weighted by atomic mass is 35.5. The van der Waals surface area contributed by atoms with Gasteiger partial charge in [0.05, 0.1) is 48.1 Å². The van der Waals surface area contributed by atoms with Crippen molar-refractivity contribution in [2.45, 2.75) is 45.2 Å². The van der Waals surface area contributed by atoms with E-state index in [2.05, 4.69) is 14.8 Å². The highest BCUT2D eigenvalue weighted by Crippen LogP contribution is 2.33. The lowest BCUT2D eigenvalue weighted by molar-refractivity contribution is -0.0592. The molecule has 2 aliphatic rings. The molecule has 13 heteroatoms. The first-order valence-electron chi connectivity index (χ1n) is 13.1. The van der Waals surface area contributed by atoms with Gasteiger partial charge in [0.15, 0.2) is 5.82 Å². The number of carbonyl (C=O) groups is 1. The molecule has 42 heavy (non-hydrogen) atoms. The van der Waals surface area contributed by atoms with Crippen molar-refractivity contribution in [1.82, 2.24) is 19.4 Å². The summed E-state index contributed by atoms with van der Waals surface area (Å²) < 4.78 is 56.7. The van der Waals surface area contributed by atoms with Crippen molar-refractivity contribution in [2.75, 3.05) is 13.2 Å². The van der Waals surface area contributed by atoms with Crippen LogP contribution in [0.25, 0.3) is 15.9 Å². The summed E-state index contributed by atoms with van der Waals surface area (Å²) in [6.45, 7) is 9.25. The number of benzene rings is 2. The summed E-state index contributed by atoms with van der Waals surface area (Å²) in [5.74, 6) is -3.43. The number of carboxylic acid groups (broad SMARTS) is 1. The number of nitrogens with zero attached hydrogens (tertiary/aromatic N) is 5. The molecule has 0 radical (unpaired) electrons. The number of aromatic carboxylic acids is 1. The fourth-order valence-corrected chi connectivity index (χ4v) is 5.39. The summed E-state index contributed by atoms with van der Waals surface area (Å²) in [6, 6.07) is 6.34. The Balaban J connectivity index is 1.27. The predicted octanol–water partition coefficient (Wildman–Crippen LogP) is 5.68. The average Bonchev–Trinajstić information content (AvgIpc) is 3.27. The third kappa shape index (κ3) is 5.27. The summed E-state index contributed by atoms with van der Waals surface area (Å²) >= 11 is 5.70. The molecule has 1 saturated heterocycles. The molecule has 2 aromatic heterocycles. The second-order valence-corrected chi connectivity index (χ2v) is 10.6. The molecule has 4 aromatic rings. The maximum Gasteiger partial charge on any atom is 0.338 e. The molecule has 1 fully saturated rings. The maximum atomic E-state index is 15.3. The van der Waals surface area contributed by atoms with E-state index in [1.165, 1.54) is 12.1 Å². The van der Waals surface area contributed by atoms with E-state index in [0.29, 0.717) is 56.2 Å². The lowest BCUT2D eigenvalue weighted by atomic mass is 10.0. The molecule has 0 unspecified atom stereocenters. The van der Waals surface area contributed by atoms with Crippen LogP contribution in [0.1, 0.15) is 39.4 Å². The summed E-state index contributed by atoms with van der Waals surface area (Å²) in [6.07, 6.45) is 1.24. The molecule has 1 N–H and O–H groups in total. The van der Waals surface area contributed by atoms with E-state index < -0.39 is 35.6 Å². The van der Waals surface area contributed by atoms with E-state index >= 15 is 4.39 Å². The number of halogens is 4. The summed E-state index contributed by atoms with van der Waals surface area (Å²) in [7, 11) is 0. The maximum absolute atomic E-state index is 15.3. The topological polar surface area (TPSA) is 94.1 Å². The first-order valence-corrected chi connectivity index (χ1v) is 13.5. The van der Waals surface area contributed by atoms with Crippen LogP contribution in [0.4, 0.5) is 18.9 Å². The summed E-state index contributed by atoms with van der Waals surface area (Å²) in [5, 5.41) is 9.35. The molecular formula is C29H23ClF3N5O4. The molecule has 216 valence electrons. The smallest absolute Gasteiger partial charge is 0.338 e. The molecule has 6 rings (SSSR count). The first-order chi connectivity index (χ1) is 20.2. The predicted molar refractivity (Wildman–Crippen MR) is 145 cm³/mol. The minimum atomic E-state index is -1.36. The van der Waals surface area contributed by atoms with Crippen LogP contribution in [0.3, 0.4) is 0 Å². The Kier molecular flexibility index (Phi) is 7.49. The van der Waals surface area contributed by atoms with Crippen LogP contribution < -0.4 is 4.74 Å². The van der Waals surface area contributed by atoms with Crippen LogP contribution in [0.2, 0.25) is 5.02 Å². The van der Waals surface area contributed by atoms with E-state index in [1.54, 1.807) is 10.6 Å². The Bertz CT molecular complexity index is 1750. The third-order valence-electron chi connectivity index (χ3n) is 7.49. The van der Waals surface area contributed by atoms with Crippen LogP contribution >= 0.6 is 11.6 Å². The van der Waals surface area contributed by atoms with Crippen molar-refractivity contribution in [3.63, 3.8) is 0 Å². The Morgan fingerprint density at radius 1 is 1.21 bits per heavy atom. The Hall–Kier alpha value is -4.18. The number of fused-ring (bicyclic) bond motifs is 2. The van der Waals surface area contributed by atoms with Gasteiger partial charge in [-0.3, -0.25) is 4.90 Å². The summed E-state index contributed by atoms with van der Waals surface area (Å²) in [5.41, 5.74) is 1.32. The lowest BCUT2D eigenvalue weighted by Gasteiger charge is -2.30. The standard InChI is InChI=1S/C29H23ClF3N5O4/c1-34-23-8-15-4-6-37(12-24(15)36-28(23)42-14-19-20(31)9-16(30)10-21(19)32)13-25-35-22-3-2-18(29(39)40)26(33)27(22)38(25)11-17-5-7-41-17/h2-3,8-10,17H,4-7,11-14H2,(H,39,40)/t17-/m0/s1. The molecule has 1 atom stereocenters. The van der Waals surface area contributed by atoms with Gasteiger partial charge >= 0.3 is 5.97 Å². The first kappa shape index (κ1) is 28.0. The minimum absolute atomic E-state index is 0.0445. The number of hydrogen-bond acceptors (Lipinski definition) is 6. The number of hydrogen-bond donors (Lipinski definition) is 1. The molecule has 0 spiro atoms. The van der Waals surface area contributed by atoms with E-state index in [4.69, 9.17) is 27.6 Å². The zero-order valence-corrected chi connectivity index (χ0v) is 22.8. The number of ether oxygens (including phenoxy) is 2. The SMILES string of the molecule is [C-]#[N+]c1cc2c(nc1OCc1c(F)cc(Cl)cc1F)CN(Cc1nc3ccc(C(=O)O)c(F)c3n1C[C@@H]1CCO1)CC2. The van der Waals surface area contributed by atoms with Crippen LogP contribution in [-0.2, 0) is 37.4 Å². The van der Waals surface area contributed by atoms with E-state index in [9.17, 15) is 18.7 Å². The van der Waals surface area contributed by atoms with Crippen LogP contribution in [-0.4, -0.2) is 49.8 Å². The number of aromatic nitrogens is 3. The largest absolute Gasteiger partial charge is 0.481 e. The van der Waals surface area contributed by atoms with Crippen LogP contribution in [0.5, 0.6) is 5.88 Å². The zero-order valence-electron chi connectivity index (χ0n) is 22.0. The zero-order chi connectivity index (χ0) is 29.5. The van der Waals surface area contributed by atoms with Gasteiger partial charge in [-0.1, -0.05) is 11.6 Å². The Labute approximate surface area is 242 Å². The molecule has 9 nitrogen and oxygen atoms in total. The molecule has 0 bridgehead atoms. The highest BCUT2D eigenvalue weighted by molar-refractivity contribution is 6.30. The van der Waals surface area contributed by atoms with Gasteiger partial charge in [-0.2, -0.15) is 0 Å². The number of carboxylic acids is 1. The van der Waals surface area contributed by atoms with E-state index in [1.807, 2.05) is 4.90 Å². The fourth-order valence-electron chi connectivity index (χ4n) is 5.20. The van der Waals surface area contributed by atoms with Crippen molar-refractivity contribution < 1.29 is 32.5 Å². The number of pyridine rings is 1. The fraction of sp³-hybridized carbons (Fsp3) is 0.310. The van der Waals surface area contributed by atoms with Gasteiger partial charge in [0.1, 0.15) is 29.6 Å². The van der Waals surface area contributed by atoms with Gasteiger partial charge in [-0.15, -0.1) is 0 Å². The van der Waals surface area contributed by atoms with Gasteiger partial charge in [0.25, 0.3) is 0 Å². The van der Waals surface area contributed by atoms with E-state index in [-0.39, 0.29) is 33.8 Å². The Morgan fingerprint density at radius 2 is 1.98 bits per heavy atom. The van der Waals surface area contributed by atoms with Crippen molar-refractivity contribution in [1.29, 1.82) is 0 Å². The molecule has 2 aliphatic heterocycles. The quantitative estimate of drug-likeness (QED) is 0.261. The molecule has 4 heterocycles. The molecule has 0 amide bonds. The van der Waals surface area contributed by atoms with Gasteiger partial charge in [-0.25, -0.2) is 32.8 Å². The van der Waals surface area contributed by atoms with Crippen LogP contribution in [0, 0.1) is 24.0 Å². The van der Waals surface area contributed by atoms with Crippen molar-refractivity contribution in [3.8, 4) is 5.88 Å². The molecular weight excluding hydrogens is 575 g/mol. The van der Waals surface area contributed by atoms with E-state index in [0.717, 1.165) is 24.1 Å². The number of rotatable bonds is 8.